The molecule has 1 atom stereocenters. The highest BCUT2D eigenvalue weighted by Crippen LogP contribution is 2.40. The molecule has 1 unspecified atom stereocenters. The second-order valence-electron chi connectivity index (χ2n) is 5.69. The molecule has 0 aliphatic carbocycles. The Balaban J connectivity index is 1.46. The van der Waals surface area contributed by atoms with Gasteiger partial charge in [-0.2, -0.15) is 5.10 Å². The van der Waals surface area contributed by atoms with Gasteiger partial charge in [0.15, 0.2) is 5.17 Å². The zero-order chi connectivity index (χ0) is 17.2. The molecule has 2 aliphatic heterocycles. The van der Waals surface area contributed by atoms with E-state index in [0.717, 1.165) is 17.3 Å². The maximum Gasteiger partial charge on any atom is 0.234 e. The first-order valence-electron chi connectivity index (χ1n) is 7.88. The van der Waals surface area contributed by atoms with Crippen molar-refractivity contribution < 1.29 is 4.79 Å². The van der Waals surface area contributed by atoms with E-state index in [1.54, 1.807) is 18.2 Å². The fourth-order valence-corrected chi connectivity index (χ4v) is 3.87. The second-order valence-corrected chi connectivity index (χ2v) is 7.07. The van der Waals surface area contributed by atoms with Crippen LogP contribution in [0.5, 0.6) is 0 Å². The maximum atomic E-state index is 12.2. The van der Waals surface area contributed by atoms with Gasteiger partial charge in [0.2, 0.25) is 5.91 Å². The number of rotatable bonds is 3. The molecule has 2 aromatic carbocycles. The summed E-state index contributed by atoms with van der Waals surface area (Å²) in [5.41, 5.74) is 2.81. The van der Waals surface area contributed by atoms with Gasteiger partial charge in [0.25, 0.3) is 0 Å². The van der Waals surface area contributed by atoms with Gasteiger partial charge in [-0.05, 0) is 24.3 Å². The van der Waals surface area contributed by atoms with Gasteiger partial charge in [-0.3, -0.25) is 4.79 Å². The van der Waals surface area contributed by atoms with Crippen LogP contribution >= 0.6 is 23.4 Å². The molecule has 4 rings (SSSR count). The number of carbonyl (C=O) groups excluding carboxylic acids is 1. The van der Waals surface area contributed by atoms with Crippen LogP contribution in [-0.2, 0) is 4.79 Å². The Morgan fingerprint density at radius 1 is 1.28 bits per heavy atom. The molecule has 0 bridgehead atoms. The van der Waals surface area contributed by atoms with Crippen molar-refractivity contribution in [1.29, 1.82) is 0 Å². The van der Waals surface area contributed by atoms with E-state index in [1.165, 1.54) is 17.3 Å². The number of carbonyl (C=O) groups is 1. The number of amides is 1. The van der Waals surface area contributed by atoms with Gasteiger partial charge < -0.3 is 5.32 Å². The Hall–Kier alpha value is -2.31. The number of nitrogens with zero attached hydrogens (tertiary/aromatic N) is 3. The van der Waals surface area contributed by atoms with Gasteiger partial charge in [-0.1, -0.05) is 47.6 Å². The molecule has 2 aliphatic rings. The fraction of sp³-hybridized carbons (Fsp3) is 0.167. The van der Waals surface area contributed by atoms with Gasteiger partial charge in [-0.15, -0.1) is 0 Å². The van der Waals surface area contributed by atoms with E-state index in [2.05, 4.69) is 21.5 Å². The van der Waals surface area contributed by atoms with E-state index in [-0.39, 0.29) is 17.7 Å². The van der Waals surface area contributed by atoms with E-state index in [4.69, 9.17) is 11.6 Å². The summed E-state index contributed by atoms with van der Waals surface area (Å²) in [5.74, 6) is 0.153. The summed E-state index contributed by atoms with van der Waals surface area (Å²) >= 11 is 7.32. The minimum absolute atomic E-state index is 0.103. The molecule has 126 valence electrons. The van der Waals surface area contributed by atoms with Gasteiger partial charge in [0.05, 0.1) is 17.5 Å². The lowest BCUT2D eigenvalue weighted by atomic mass is 10.0. The van der Waals surface area contributed by atoms with Crippen molar-refractivity contribution in [3.8, 4) is 0 Å². The molecule has 0 saturated heterocycles. The number of halogens is 1. The maximum absolute atomic E-state index is 12.2. The summed E-state index contributed by atoms with van der Waals surface area (Å²) in [6, 6.07) is 15.3. The van der Waals surface area contributed by atoms with Crippen LogP contribution in [0.4, 0.5) is 11.4 Å². The minimum Gasteiger partial charge on any atom is -0.325 e. The molecule has 0 spiro atoms. The molecule has 2 heterocycles. The van der Waals surface area contributed by atoms with Crippen LogP contribution in [0.3, 0.4) is 0 Å². The molecule has 7 heteroatoms. The summed E-state index contributed by atoms with van der Waals surface area (Å²) in [7, 11) is 0. The zero-order valence-electron chi connectivity index (χ0n) is 13.2. The minimum atomic E-state index is -0.103. The number of nitrogens with one attached hydrogen (secondary N) is 1. The quantitative estimate of drug-likeness (QED) is 0.868. The van der Waals surface area contributed by atoms with E-state index in [0.29, 0.717) is 10.7 Å². The first-order valence-corrected chi connectivity index (χ1v) is 9.24. The van der Waals surface area contributed by atoms with Crippen LogP contribution < -0.4 is 5.32 Å². The van der Waals surface area contributed by atoms with Crippen LogP contribution in [0, 0.1) is 0 Å². The largest absolute Gasteiger partial charge is 0.325 e. The highest BCUT2D eigenvalue weighted by Gasteiger charge is 2.32. The molecule has 5 nitrogen and oxygen atoms in total. The third kappa shape index (κ3) is 3.41. The number of aliphatic imine (C=N–C) groups is 1. The van der Waals surface area contributed by atoms with Crippen LogP contribution in [0.15, 0.2) is 58.6 Å². The Labute approximate surface area is 154 Å². The topological polar surface area (TPSA) is 57.1 Å². The Morgan fingerprint density at radius 3 is 3.04 bits per heavy atom. The number of anilines is 1. The van der Waals surface area contributed by atoms with Crippen molar-refractivity contribution >= 4 is 52.0 Å². The number of benzene rings is 2. The number of thioether (sulfide) groups is 1. The molecule has 0 fully saturated rings. The number of hydrogen-bond donors (Lipinski definition) is 1. The summed E-state index contributed by atoms with van der Waals surface area (Å²) in [6.07, 6.45) is 2.75. The molecular formula is C18H15ClN4OS. The summed E-state index contributed by atoms with van der Waals surface area (Å²) < 4.78 is 0. The highest BCUT2D eigenvalue weighted by atomic mass is 35.5. The van der Waals surface area contributed by atoms with Crippen molar-refractivity contribution in [2.75, 3.05) is 11.1 Å². The lowest BCUT2D eigenvalue weighted by Crippen LogP contribution is -2.29. The van der Waals surface area contributed by atoms with Crippen LogP contribution in [0.2, 0.25) is 5.02 Å². The predicted molar refractivity (Wildman–Crippen MR) is 104 cm³/mol. The number of amidine groups is 1. The molecule has 25 heavy (non-hydrogen) atoms. The van der Waals surface area contributed by atoms with Gasteiger partial charge in [-0.25, -0.2) is 10.0 Å². The van der Waals surface area contributed by atoms with E-state index in [9.17, 15) is 4.79 Å². The SMILES string of the molecule is O=C(CSC1=Nc2ccccc2C2CC=NN12)Nc1cccc(Cl)c1. The van der Waals surface area contributed by atoms with Crippen molar-refractivity contribution in [3.05, 3.63) is 59.1 Å². The van der Waals surface area contributed by atoms with E-state index < -0.39 is 0 Å². The lowest BCUT2D eigenvalue weighted by molar-refractivity contribution is -0.113. The monoisotopic (exact) mass is 370 g/mol. The third-order valence-electron chi connectivity index (χ3n) is 3.98. The Morgan fingerprint density at radius 2 is 2.16 bits per heavy atom. The fourth-order valence-electron chi connectivity index (χ4n) is 2.87. The Kier molecular flexibility index (Phi) is 4.46. The van der Waals surface area contributed by atoms with E-state index in [1.807, 2.05) is 35.5 Å². The third-order valence-corrected chi connectivity index (χ3v) is 5.16. The van der Waals surface area contributed by atoms with Crippen molar-refractivity contribution in [2.45, 2.75) is 12.5 Å². The number of hydrogen-bond acceptors (Lipinski definition) is 5. The molecule has 1 amide bonds. The first-order chi connectivity index (χ1) is 12.2. The van der Waals surface area contributed by atoms with Crippen molar-refractivity contribution in [3.63, 3.8) is 0 Å². The molecule has 2 aromatic rings. The summed E-state index contributed by atoms with van der Waals surface area (Å²) in [4.78, 5) is 16.9. The standard InChI is InChI=1S/C18H15ClN4OS/c19-12-4-3-5-13(10-12)21-17(24)11-25-18-22-15-7-2-1-6-14(15)16-8-9-20-23(16)18/h1-7,9-10,16H,8,11H2,(H,21,24). The second kappa shape index (κ2) is 6.90. The molecular weight excluding hydrogens is 356 g/mol. The van der Waals surface area contributed by atoms with Crippen molar-refractivity contribution in [2.24, 2.45) is 10.1 Å². The number of fused-ring (bicyclic) bond motifs is 3. The average Bonchev–Trinajstić information content (AvgIpc) is 3.10. The van der Waals surface area contributed by atoms with Gasteiger partial charge in [0.1, 0.15) is 0 Å². The smallest absolute Gasteiger partial charge is 0.234 e. The van der Waals surface area contributed by atoms with Gasteiger partial charge >= 0.3 is 0 Å². The first kappa shape index (κ1) is 16.2. The van der Waals surface area contributed by atoms with Crippen LogP contribution in [0.25, 0.3) is 0 Å². The molecule has 0 saturated carbocycles. The van der Waals surface area contributed by atoms with Crippen LogP contribution in [0.1, 0.15) is 18.0 Å². The van der Waals surface area contributed by atoms with Gasteiger partial charge in [0, 0.05) is 28.9 Å². The van der Waals surface area contributed by atoms with Crippen molar-refractivity contribution in [1.82, 2.24) is 5.01 Å². The molecule has 0 radical (unpaired) electrons. The average molecular weight is 371 g/mol. The molecule has 1 N–H and O–H groups in total. The summed E-state index contributed by atoms with van der Waals surface area (Å²) in [6.45, 7) is 0. The van der Waals surface area contributed by atoms with E-state index >= 15 is 0 Å². The number of hydrazone groups is 1. The Bertz CT molecular complexity index is 883. The lowest BCUT2D eigenvalue weighted by Gasteiger charge is -2.29. The highest BCUT2D eigenvalue weighted by molar-refractivity contribution is 8.14. The predicted octanol–water partition coefficient (Wildman–Crippen LogP) is 4.45. The normalized spacial score (nSPS) is 17.7. The van der Waals surface area contributed by atoms with Crippen LogP contribution in [-0.4, -0.2) is 28.1 Å². The number of para-hydroxylation sites is 1. The summed E-state index contributed by atoms with van der Waals surface area (Å²) in [5, 5.41) is 10.5. The zero-order valence-corrected chi connectivity index (χ0v) is 14.8. The molecule has 0 aromatic heterocycles.